The first-order chi connectivity index (χ1) is 12.9. The highest BCUT2D eigenvalue weighted by Crippen LogP contribution is 2.39. The molecule has 0 aromatic carbocycles. The van der Waals surface area contributed by atoms with Crippen molar-refractivity contribution in [2.45, 2.75) is 77.8 Å². The molecule has 5 heteroatoms. The molecule has 0 radical (unpaired) electrons. The van der Waals surface area contributed by atoms with E-state index in [2.05, 4.69) is 35.5 Å². The summed E-state index contributed by atoms with van der Waals surface area (Å²) in [4.78, 5) is 32.1. The van der Waals surface area contributed by atoms with Crippen LogP contribution in [0.3, 0.4) is 0 Å². The number of rotatable bonds is 3. The van der Waals surface area contributed by atoms with Gasteiger partial charge in [-0.3, -0.25) is 14.5 Å². The fourth-order valence-corrected chi connectivity index (χ4v) is 5.96. The molecule has 0 spiro atoms. The minimum Gasteiger partial charge on any atom is -0.342 e. The van der Waals surface area contributed by atoms with Gasteiger partial charge in [0.25, 0.3) is 0 Å². The van der Waals surface area contributed by atoms with E-state index in [9.17, 15) is 9.59 Å². The quantitative estimate of drug-likeness (QED) is 0.762. The van der Waals surface area contributed by atoms with E-state index >= 15 is 0 Å². The molecule has 4 aliphatic heterocycles. The minimum atomic E-state index is -0.230. The van der Waals surface area contributed by atoms with Crippen molar-refractivity contribution in [3.05, 3.63) is 0 Å². The lowest BCUT2D eigenvalue weighted by Gasteiger charge is -2.54. The Kier molecular flexibility index (Phi) is 5.26. The van der Waals surface area contributed by atoms with Gasteiger partial charge in [-0.05, 0) is 50.4 Å². The molecule has 4 fully saturated rings. The Hall–Kier alpha value is -1.10. The summed E-state index contributed by atoms with van der Waals surface area (Å²) in [5.74, 6) is 2.05. The van der Waals surface area contributed by atoms with Crippen LogP contribution >= 0.6 is 0 Å². The molecule has 2 amide bonds. The molecule has 0 aliphatic carbocycles. The Balaban J connectivity index is 1.35. The maximum absolute atomic E-state index is 12.8. The lowest BCUT2D eigenvalue weighted by Crippen LogP contribution is -2.62. The van der Waals surface area contributed by atoms with Gasteiger partial charge in [-0.1, -0.05) is 20.8 Å². The van der Waals surface area contributed by atoms with Gasteiger partial charge in [-0.25, -0.2) is 0 Å². The number of carbonyl (C=O) groups is 2. The van der Waals surface area contributed by atoms with Gasteiger partial charge in [0.2, 0.25) is 11.8 Å². The molecule has 152 valence electrons. The first-order valence-electron chi connectivity index (χ1n) is 11.2. The lowest BCUT2D eigenvalue weighted by molar-refractivity contribution is -0.146. The van der Waals surface area contributed by atoms with Crippen LogP contribution in [0.15, 0.2) is 0 Å². The van der Waals surface area contributed by atoms with Crippen LogP contribution in [-0.4, -0.2) is 71.3 Å². The smallest absolute Gasteiger partial charge is 0.228 e. The summed E-state index contributed by atoms with van der Waals surface area (Å²) < 4.78 is 0. The van der Waals surface area contributed by atoms with Crippen molar-refractivity contribution in [3.63, 3.8) is 0 Å². The zero-order valence-electron chi connectivity index (χ0n) is 17.5. The summed E-state index contributed by atoms with van der Waals surface area (Å²) in [5.41, 5.74) is -0.230. The molecule has 0 N–H and O–H groups in total. The summed E-state index contributed by atoms with van der Waals surface area (Å²) in [6, 6.07) is 1.12. The van der Waals surface area contributed by atoms with Gasteiger partial charge in [-0.2, -0.15) is 0 Å². The monoisotopic (exact) mass is 375 g/mol. The topological polar surface area (TPSA) is 43.9 Å². The van der Waals surface area contributed by atoms with E-state index in [0.29, 0.717) is 35.7 Å². The highest BCUT2D eigenvalue weighted by Gasteiger charge is 2.45. The summed E-state index contributed by atoms with van der Waals surface area (Å²) in [6.07, 6.45) is 7.48. The average Bonchev–Trinajstić information content (AvgIpc) is 2.68. The first kappa shape index (κ1) is 19.2. The van der Waals surface area contributed by atoms with E-state index in [4.69, 9.17) is 0 Å². The van der Waals surface area contributed by atoms with Gasteiger partial charge in [0, 0.05) is 56.6 Å². The fraction of sp³-hybridized carbons (Fsp3) is 0.909. The van der Waals surface area contributed by atoms with Gasteiger partial charge in [0.05, 0.1) is 0 Å². The molecule has 0 aromatic heterocycles. The Bertz CT molecular complexity index is 582. The number of likely N-dealkylation sites (tertiary alicyclic amines) is 2. The van der Waals surface area contributed by atoms with Crippen molar-refractivity contribution < 1.29 is 9.59 Å². The molecule has 2 bridgehead atoms. The Morgan fingerprint density at radius 1 is 1.11 bits per heavy atom. The molecule has 4 aliphatic rings. The molecular formula is C22H37N3O2. The van der Waals surface area contributed by atoms with Crippen molar-refractivity contribution in [1.82, 2.24) is 14.7 Å². The third-order valence-electron chi connectivity index (χ3n) is 7.94. The first-order valence-corrected chi connectivity index (χ1v) is 11.2. The number of carbonyl (C=O) groups excluding carboxylic acids is 2. The van der Waals surface area contributed by atoms with Crippen molar-refractivity contribution >= 4 is 11.8 Å². The van der Waals surface area contributed by atoms with Crippen LogP contribution in [-0.2, 0) is 9.59 Å². The molecule has 0 aromatic rings. The van der Waals surface area contributed by atoms with E-state index in [-0.39, 0.29) is 5.41 Å². The van der Waals surface area contributed by atoms with E-state index in [0.717, 1.165) is 64.8 Å². The summed E-state index contributed by atoms with van der Waals surface area (Å²) >= 11 is 0. The average molecular weight is 376 g/mol. The van der Waals surface area contributed by atoms with Crippen LogP contribution in [0.1, 0.15) is 65.7 Å². The highest BCUT2D eigenvalue weighted by atomic mass is 16.2. The van der Waals surface area contributed by atoms with Crippen molar-refractivity contribution in [2.75, 3.05) is 32.7 Å². The van der Waals surface area contributed by atoms with Crippen LogP contribution in [0.5, 0.6) is 0 Å². The molecule has 3 atom stereocenters. The molecule has 4 heterocycles. The van der Waals surface area contributed by atoms with Crippen molar-refractivity contribution in [1.29, 1.82) is 0 Å². The molecule has 4 rings (SSSR count). The van der Waals surface area contributed by atoms with Gasteiger partial charge < -0.3 is 9.80 Å². The van der Waals surface area contributed by atoms with Gasteiger partial charge in [-0.15, -0.1) is 0 Å². The second-order valence-electron chi connectivity index (χ2n) is 10.1. The van der Waals surface area contributed by atoms with Crippen LogP contribution in [0.25, 0.3) is 0 Å². The fourth-order valence-electron chi connectivity index (χ4n) is 5.96. The number of fused-ring (bicyclic) bond motifs is 4. The molecule has 4 saturated heterocycles. The summed E-state index contributed by atoms with van der Waals surface area (Å²) in [6.45, 7) is 11.4. The SMILES string of the molecule is CCC(C)(C)C(=O)N1CCC(N2CC3CC(C2)[C@H]2CCCC(=O)N2C3)CC1. The minimum absolute atomic E-state index is 0.230. The van der Waals surface area contributed by atoms with E-state index in [1.54, 1.807) is 0 Å². The second-order valence-corrected chi connectivity index (χ2v) is 10.1. The number of hydrogen-bond acceptors (Lipinski definition) is 3. The van der Waals surface area contributed by atoms with Crippen molar-refractivity contribution in [3.8, 4) is 0 Å². The predicted molar refractivity (Wildman–Crippen MR) is 106 cm³/mol. The molecule has 0 saturated carbocycles. The maximum Gasteiger partial charge on any atom is 0.228 e. The number of nitrogens with zero attached hydrogens (tertiary/aromatic N) is 3. The Morgan fingerprint density at radius 2 is 1.85 bits per heavy atom. The third-order valence-corrected chi connectivity index (χ3v) is 7.94. The zero-order valence-corrected chi connectivity index (χ0v) is 17.5. The zero-order chi connectivity index (χ0) is 19.2. The van der Waals surface area contributed by atoms with Gasteiger partial charge >= 0.3 is 0 Å². The van der Waals surface area contributed by atoms with Crippen LogP contribution in [0, 0.1) is 17.3 Å². The second kappa shape index (κ2) is 7.38. The van der Waals surface area contributed by atoms with Crippen LogP contribution < -0.4 is 0 Å². The van der Waals surface area contributed by atoms with Crippen molar-refractivity contribution in [2.24, 2.45) is 17.3 Å². The van der Waals surface area contributed by atoms with E-state index < -0.39 is 0 Å². The lowest BCUT2D eigenvalue weighted by atomic mass is 9.75. The Morgan fingerprint density at radius 3 is 2.56 bits per heavy atom. The van der Waals surface area contributed by atoms with Crippen LogP contribution in [0.4, 0.5) is 0 Å². The summed E-state index contributed by atoms with van der Waals surface area (Å²) in [7, 11) is 0. The van der Waals surface area contributed by atoms with E-state index in [1.807, 2.05) is 0 Å². The number of hydrogen-bond donors (Lipinski definition) is 0. The highest BCUT2D eigenvalue weighted by molar-refractivity contribution is 5.82. The van der Waals surface area contributed by atoms with Gasteiger partial charge in [0.15, 0.2) is 0 Å². The normalized spacial score (nSPS) is 33.1. The number of piperidine rings is 4. The molecular weight excluding hydrogens is 338 g/mol. The molecule has 2 unspecified atom stereocenters. The third kappa shape index (κ3) is 3.64. The number of amides is 2. The summed E-state index contributed by atoms with van der Waals surface area (Å²) in [5, 5.41) is 0. The Labute approximate surface area is 164 Å². The van der Waals surface area contributed by atoms with E-state index in [1.165, 1.54) is 12.8 Å². The maximum atomic E-state index is 12.8. The molecule has 27 heavy (non-hydrogen) atoms. The standard InChI is InChI=1S/C22H37N3O2/c1-4-22(2,3)21(27)23-10-8-18(9-11-23)24-13-16-12-17(15-24)19-6-5-7-20(26)25(19)14-16/h16-19H,4-15H2,1-3H3/t16?,17?,19-/m1/s1. The molecule has 5 nitrogen and oxygen atoms in total. The van der Waals surface area contributed by atoms with Gasteiger partial charge in [0.1, 0.15) is 0 Å². The predicted octanol–water partition coefficient (Wildman–Crippen LogP) is 2.75. The largest absolute Gasteiger partial charge is 0.342 e. The van der Waals surface area contributed by atoms with Crippen LogP contribution in [0.2, 0.25) is 0 Å².